The molecule has 0 aromatic carbocycles. The van der Waals surface area contributed by atoms with E-state index in [-0.39, 0.29) is 18.2 Å². The summed E-state index contributed by atoms with van der Waals surface area (Å²) in [6, 6.07) is 0. The maximum Gasteiger partial charge on any atom is 0.162 e. The van der Waals surface area contributed by atoms with Gasteiger partial charge in [0.2, 0.25) is 0 Å². The minimum atomic E-state index is -0.112. The smallest absolute Gasteiger partial charge is 0.162 e. The molecule has 12 heavy (non-hydrogen) atoms. The van der Waals surface area contributed by atoms with Gasteiger partial charge in [0.25, 0.3) is 0 Å². The van der Waals surface area contributed by atoms with Crippen LogP contribution in [-0.4, -0.2) is 24.8 Å². The molecule has 0 aromatic heterocycles. The van der Waals surface area contributed by atoms with E-state index >= 15 is 0 Å². The molecule has 1 fully saturated rings. The predicted octanol–water partition coefficient (Wildman–Crippen LogP) is 1.04. The van der Waals surface area contributed by atoms with Crippen molar-refractivity contribution in [2.24, 2.45) is 0 Å². The molecular weight excluding hydrogens is 156 g/mol. The fraction of sp³-hybridized carbons (Fsp3) is 0.667. The monoisotopic (exact) mass is 168 g/mol. The number of hydrogen-bond acceptors (Lipinski definition) is 3. The van der Waals surface area contributed by atoms with Crippen molar-refractivity contribution in [1.82, 2.24) is 0 Å². The Morgan fingerprint density at radius 2 is 2.50 bits per heavy atom. The van der Waals surface area contributed by atoms with Crippen LogP contribution < -0.4 is 0 Å². The lowest BCUT2D eigenvalue weighted by atomic mass is 10.2. The van der Waals surface area contributed by atoms with Crippen molar-refractivity contribution in [2.45, 2.75) is 32.2 Å². The van der Waals surface area contributed by atoms with E-state index in [1.807, 2.05) is 6.92 Å². The van der Waals surface area contributed by atoms with Gasteiger partial charge in [-0.2, -0.15) is 0 Å². The van der Waals surface area contributed by atoms with E-state index < -0.39 is 0 Å². The van der Waals surface area contributed by atoms with Gasteiger partial charge in [-0.05, 0) is 18.6 Å². The Morgan fingerprint density at radius 3 is 3.17 bits per heavy atom. The second-order valence-corrected chi connectivity index (χ2v) is 3.10. The van der Waals surface area contributed by atoms with Crippen molar-refractivity contribution in [3.8, 4) is 0 Å². The molecule has 2 atom stereocenters. The van der Waals surface area contributed by atoms with Crippen molar-refractivity contribution in [3.63, 3.8) is 0 Å². The Kier molecular flexibility index (Phi) is 1.98. The van der Waals surface area contributed by atoms with Gasteiger partial charge in [0.15, 0.2) is 12.1 Å². The lowest BCUT2D eigenvalue weighted by Gasteiger charge is -2.10. The van der Waals surface area contributed by atoms with Crippen LogP contribution in [0.4, 0.5) is 0 Å². The number of rotatable bonds is 2. The molecule has 1 heterocycles. The standard InChI is InChI=1S/C9H12O3/c1-2-11-9-4-6-3-7(10)5-8(6)12-9/h3,8-9H,2,4-5H2,1H3/t8-,9?/m0/s1. The van der Waals surface area contributed by atoms with Crippen molar-refractivity contribution >= 4 is 5.78 Å². The zero-order valence-corrected chi connectivity index (χ0v) is 7.08. The molecule has 0 spiro atoms. The first-order valence-electron chi connectivity index (χ1n) is 4.30. The van der Waals surface area contributed by atoms with Crippen LogP contribution in [0.2, 0.25) is 0 Å². The van der Waals surface area contributed by atoms with Gasteiger partial charge in [0, 0.05) is 19.4 Å². The minimum Gasteiger partial charge on any atom is -0.353 e. The highest BCUT2D eigenvalue weighted by Gasteiger charge is 2.35. The first-order chi connectivity index (χ1) is 5.79. The van der Waals surface area contributed by atoms with Gasteiger partial charge < -0.3 is 9.47 Å². The largest absolute Gasteiger partial charge is 0.353 e. The molecule has 66 valence electrons. The van der Waals surface area contributed by atoms with E-state index in [4.69, 9.17) is 9.47 Å². The van der Waals surface area contributed by atoms with Crippen LogP contribution in [0.25, 0.3) is 0 Å². The number of ether oxygens (including phenoxy) is 2. The van der Waals surface area contributed by atoms with Crippen LogP contribution in [0, 0.1) is 0 Å². The third-order valence-electron chi connectivity index (χ3n) is 2.22. The highest BCUT2D eigenvalue weighted by molar-refractivity contribution is 5.94. The fourth-order valence-electron chi connectivity index (χ4n) is 1.71. The summed E-state index contributed by atoms with van der Waals surface area (Å²) in [6.07, 6.45) is 2.89. The molecule has 0 amide bonds. The molecule has 1 saturated heterocycles. The van der Waals surface area contributed by atoms with Gasteiger partial charge in [0.1, 0.15) is 0 Å². The summed E-state index contributed by atoms with van der Waals surface area (Å²) in [5.74, 6) is 0.185. The summed E-state index contributed by atoms with van der Waals surface area (Å²) < 4.78 is 10.8. The summed E-state index contributed by atoms with van der Waals surface area (Å²) in [5, 5.41) is 0. The lowest BCUT2D eigenvalue weighted by molar-refractivity contribution is -0.135. The first-order valence-corrected chi connectivity index (χ1v) is 4.30. The maximum absolute atomic E-state index is 10.9. The van der Waals surface area contributed by atoms with E-state index in [9.17, 15) is 4.79 Å². The average Bonchev–Trinajstić information content (AvgIpc) is 2.44. The van der Waals surface area contributed by atoms with Crippen LogP contribution in [0.1, 0.15) is 19.8 Å². The number of allylic oxidation sites excluding steroid dienone is 1. The first kappa shape index (κ1) is 7.95. The quantitative estimate of drug-likeness (QED) is 0.618. The second-order valence-electron chi connectivity index (χ2n) is 3.10. The van der Waals surface area contributed by atoms with E-state index in [1.165, 1.54) is 0 Å². The molecule has 3 nitrogen and oxygen atoms in total. The number of carbonyl (C=O) groups is 1. The molecule has 1 aliphatic heterocycles. The molecular formula is C9H12O3. The molecule has 2 rings (SSSR count). The van der Waals surface area contributed by atoms with Crippen molar-refractivity contribution in [1.29, 1.82) is 0 Å². The maximum atomic E-state index is 10.9. The zero-order chi connectivity index (χ0) is 8.55. The van der Waals surface area contributed by atoms with E-state index in [1.54, 1.807) is 6.08 Å². The Labute approximate surface area is 71.3 Å². The molecule has 0 bridgehead atoms. The summed E-state index contributed by atoms with van der Waals surface area (Å²) in [6.45, 7) is 2.61. The highest BCUT2D eigenvalue weighted by atomic mass is 16.7. The van der Waals surface area contributed by atoms with Gasteiger partial charge >= 0.3 is 0 Å². The third-order valence-corrected chi connectivity index (χ3v) is 2.22. The summed E-state index contributed by atoms with van der Waals surface area (Å²) >= 11 is 0. The summed E-state index contributed by atoms with van der Waals surface area (Å²) in [7, 11) is 0. The second kappa shape index (κ2) is 2.99. The van der Waals surface area contributed by atoms with Crippen molar-refractivity contribution < 1.29 is 14.3 Å². The van der Waals surface area contributed by atoms with Crippen LogP contribution >= 0.6 is 0 Å². The van der Waals surface area contributed by atoms with Crippen LogP contribution in [-0.2, 0) is 14.3 Å². The van der Waals surface area contributed by atoms with Gasteiger partial charge in [0.05, 0.1) is 6.10 Å². The molecule has 0 saturated carbocycles. The van der Waals surface area contributed by atoms with Crippen LogP contribution in [0.3, 0.4) is 0 Å². The van der Waals surface area contributed by atoms with Gasteiger partial charge in [-0.25, -0.2) is 0 Å². The number of carbonyl (C=O) groups excluding carboxylic acids is 1. The average molecular weight is 168 g/mol. The molecule has 0 aromatic rings. The number of ketones is 1. The summed E-state index contributed by atoms with van der Waals surface area (Å²) in [4.78, 5) is 10.9. The summed E-state index contributed by atoms with van der Waals surface area (Å²) in [5.41, 5.74) is 1.11. The Balaban J connectivity index is 1.99. The molecule has 1 unspecified atom stereocenters. The number of fused-ring (bicyclic) bond motifs is 1. The lowest BCUT2D eigenvalue weighted by Crippen LogP contribution is -2.14. The van der Waals surface area contributed by atoms with Crippen LogP contribution in [0.5, 0.6) is 0 Å². The normalized spacial score (nSPS) is 33.8. The number of hydrogen-bond donors (Lipinski definition) is 0. The Bertz CT molecular complexity index is 232. The molecule has 2 aliphatic rings. The van der Waals surface area contributed by atoms with E-state index in [2.05, 4.69) is 0 Å². The van der Waals surface area contributed by atoms with E-state index in [0.29, 0.717) is 13.0 Å². The topological polar surface area (TPSA) is 35.5 Å². The van der Waals surface area contributed by atoms with Gasteiger partial charge in [-0.15, -0.1) is 0 Å². The zero-order valence-electron chi connectivity index (χ0n) is 7.08. The van der Waals surface area contributed by atoms with Gasteiger partial charge in [-0.3, -0.25) is 4.79 Å². The Hall–Kier alpha value is -0.670. The minimum absolute atomic E-state index is 0.0223. The fourth-order valence-corrected chi connectivity index (χ4v) is 1.71. The van der Waals surface area contributed by atoms with Crippen molar-refractivity contribution in [2.75, 3.05) is 6.61 Å². The van der Waals surface area contributed by atoms with Gasteiger partial charge in [-0.1, -0.05) is 0 Å². The van der Waals surface area contributed by atoms with Crippen molar-refractivity contribution in [3.05, 3.63) is 11.6 Å². The Morgan fingerprint density at radius 1 is 1.67 bits per heavy atom. The molecule has 0 radical (unpaired) electrons. The SMILES string of the molecule is CCOC1CC2=CC(=O)C[C@@H]2O1. The predicted molar refractivity (Wildman–Crippen MR) is 42.6 cm³/mol. The molecule has 3 heteroatoms. The highest BCUT2D eigenvalue weighted by Crippen LogP contribution is 2.32. The van der Waals surface area contributed by atoms with Crippen LogP contribution in [0.15, 0.2) is 11.6 Å². The third kappa shape index (κ3) is 1.30. The molecule has 0 N–H and O–H groups in total. The molecule has 1 aliphatic carbocycles. The van der Waals surface area contributed by atoms with E-state index in [0.717, 1.165) is 12.0 Å².